The zero-order valence-electron chi connectivity index (χ0n) is 21.5. The minimum atomic E-state index is -3.88. The smallest absolute Gasteiger partial charge is 0.243 e. The molecule has 198 valence electrons. The molecule has 0 radical (unpaired) electrons. The van der Waals surface area contributed by atoms with Crippen molar-refractivity contribution in [2.75, 3.05) is 38.1 Å². The molecular formula is C29H31FN4O3S. The lowest BCUT2D eigenvalue weighted by Gasteiger charge is -2.32. The van der Waals surface area contributed by atoms with Gasteiger partial charge in [0.1, 0.15) is 11.5 Å². The number of piperazine rings is 1. The highest BCUT2D eigenvalue weighted by Gasteiger charge is 2.31. The Morgan fingerprint density at radius 3 is 2.21 bits per heavy atom. The number of halogens is 1. The number of aryl methyl sites for hydroxylation is 1. The first-order valence-electron chi connectivity index (χ1n) is 12.6. The van der Waals surface area contributed by atoms with Crippen LogP contribution in [0.25, 0.3) is 11.3 Å². The van der Waals surface area contributed by atoms with Gasteiger partial charge in [0.15, 0.2) is 0 Å². The standard InChI is InChI=1S/C29H31FN4O3S/c1-22-8-14-26(15-9-22)38(35,36)34(20-23-6-4-3-5-7-23)21-27-28(24-10-12-25(30)13-11-24)31-37-29(27)33-18-16-32(2)17-19-33/h3-15H,16-21H2,1-2H3. The van der Waals surface area contributed by atoms with Crippen molar-refractivity contribution < 1.29 is 17.3 Å². The SMILES string of the molecule is Cc1ccc(S(=O)(=O)N(Cc2ccccc2)Cc2c(-c3ccc(F)cc3)noc2N2CCN(C)CC2)cc1. The molecule has 5 rings (SSSR count). The summed E-state index contributed by atoms with van der Waals surface area (Å²) >= 11 is 0. The Labute approximate surface area is 223 Å². The van der Waals surface area contributed by atoms with Gasteiger partial charge in [0.2, 0.25) is 15.9 Å². The summed E-state index contributed by atoms with van der Waals surface area (Å²) in [5.41, 5.74) is 3.68. The molecular weight excluding hydrogens is 503 g/mol. The van der Waals surface area contributed by atoms with Crippen molar-refractivity contribution in [3.63, 3.8) is 0 Å². The van der Waals surface area contributed by atoms with Crippen molar-refractivity contribution in [2.24, 2.45) is 0 Å². The summed E-state index contributed by atoms with van der Waals surface area (Å²) in [6.45, 7) is 5.29. The number of benzene rings is 3. The number of nitrogens with zero attached hydrogens (tertiary/aromatic N) is 4. The highest BCUT2D eigenvalue weighted by Crippen LogP contribution is 2.35. The topological polar surface area (TPSA) is 69.9 Å². The average molecular weight is 535 g/mol. The van der Waals surface area contributed by atoms with Crippen LogP contribution < -0.4 is 4.90 Å². The predicted molar refractivity (Wildman–Crippen MR) is 146 cm³/mol. The largest absolute Gasteiger partial charge is 0.338 e. The Morgan fingerprint density at radius 1 is 0.895 bits per heavy atom. The minimum absolute atomic E-state index is 0.0446. The van der Waals surface area contributed by atoms with Gasteiger partial charge in [0, 0.05) is 44.8 Å². The second kappa shape index (κ2) is 11.1. The molecule has 9 heteroatoms. The van der Waals surface area contributed by atoms with Crippen LogP contribution in [0.2, 0.25) is 0 Å². The number of sulfonamides is 1. The minimum Gasteiger partial charge on any atom is -0.338 e. The molecule has 1 aliphatic heterocycles. The fourth-order valence-electron chi connectivity index (χ4n) is 4.58. The molecule has 0 spiro atoms. The van der Waals surface area contributed by atoms with E-state index in [4.69, 9.17) is 4.52 Å². The first kappa shape index (κ1) is 26.1. The third-order valence-electron chi connectivity index (χ3n) is 6.87. The van der Waals surface area contributed by atoms with E-state index in [0.717, 1.165) is 37.3 Å². The van der Waals surface area contributed by atoms with E-state index in [1.54, 1.807) is 36.4 Å². The summed E-state index contributed by atoms with van der Waals surface area (Å²) in [6, 6.07) is 22.4. The van der Waals surface area contributed by atoms with Crippen LogP contribution >= 0.6 is 0 Å². The van der Waals surface area contributed by atoms with Crippen LogP contribution in [0.3, 0.4) is 0 Å². The zero-order valence-corrected chi connectivity index (χ0v) is 22.4. The highest BCUT2D eigenvalue weighted by molar-refractivity contribution is 7.89. The molecule has 0 aliphatic carbocycles. The van der Waals surface area contributed by atoms with Gasteiger partial charge in [-0.3, -0.25) is 0 Å². The maximum atomic E-state index is 14.0. The van der Waals surface area contributed by atoms with Crippen LogP contribution in [0.1, 0.15) is 16.7 Å². The average Bonchev–Trinajstić information content (AvgIpc) is 3.33. The van der Waals surface area contributed by atoms with Crippen molar-refractivity contribution in [2.45, 2.75) is 24.9 Å². The van der Waals surface area contributed by atoms with E-state index in [-0.39, 0.29) is 23.8 Å². The van der Waals surface area contributed by atoms with E-state index < -0.39 is 10.0 Å². The van der Waals surface area contributed by atoms with Crippen molar-refractivity contribution in [1.29, 1.82) is 0 Å². The van der Waals surface area contributed by atoms with Gasteiger partial charge < -0.3 is 14.3 Å². The highest BCUT2D eigenvalue weighted by atomic mass is 32.2. The second-order valence-electron chi connectivity index (χ2n) is 9.68. The fourth-order valence-corrected chi connectivity index (χ4v) is 5.98. The Balaban J connectivity index is 1.59. The van der Waals surface area contributed by atoms with Crippen molar-refractivity contribution >= 4 is 15.9 Å². The van der Waals surface area contributed by atoms with E-state index in [1.807, 2.05) is 37.3 Å². The summed E-state index contributed by atoms with van der Waals surface area (Å²) in [4.78, 5) is 4.56. The van der Waals surface area contributed by atoms with Gasteiger partial charge in [-0.1, -0.05) is 53.2 Å². The monoisotopic (exact) mass is 534 g/mol. The molecule has 3 aromatic carbocycles. The molecule has 1 aromatic heterocycles. The summed E-state index contributed by atoms with van der Waals surface area (Å²) in [5, 5.41) is 4.36. The van der Waals surface area contributed by atoms with Gasteiger partial charge in [-0.2, -0.15) is 4.31 Å². The molecule has 0 atom stereocenters. The van der Waals surface area contributed by atoms with Gasteiger partial charge in [-0.15, -0.1) is 0 Å². The Bertz CT molecular complexity index is 1460. The van der Waals surface area contributed by atoms with Crippen molar-refractivity contribution in [1.82, 2.24) is 14.4 Å². The van der Waals surface area contributed by atoms with Gasteiger partial charge in [-0.05, 0) is 55.9 Å². The zero-order chi connectivity index (χ0) is 26.7. The van der Waals surface area contributed by atoms with Gasteiger partial charge >= 0.3 is 0 Å². The van der Waals surface area contributed by atoms with Crippen molar-refractivity contribution in [3.8, 4) is 11.3 Å². The molecule has 1 aliphatic rings. The third kappa shape index (κ3) is 5.65. The number of hydrogen-bond acceptors (Lipinski definition) is 6. The number of likely N-dealkylation sites (N-methyl/N-ethyl adjacent to an activating group) is 1. The van der Waals surface area contributed by atoms with E-state index in [0.29, 0.717) is 22.7 Å². The second-order valence-corrected chi connectivity index (χ2v) is 11.6. The molecule has 0 bridgehead atoms. The van der Waals surface area contributed by atoms with Gasteiger partial charge in [0.25, 0.3) is 0 Å². The van der Waals surface area contributed by atoms with Crippen LogP contribution in [-0.2, 0) is 23.1 Å². The summed E-state index contributed by atoms with van der Waals surface area (Å²) < 4.78 is 49.1. The quantitative estimate of drug-likeness (QED) is 0.319. The Hall–Kier alpha value is -3.53. The molecule has 2 heterocycles. The molecule has 0 N–H and O–H groups in total. The molecule has 0 unspecified atom stereocenters. The fraction of sp³-hybridized carbons (Fsp3) is 0.276. The lowest BCUT2D eigenvalue weighted by atomic mass is 10.1. The van der Waals surface area contributed by atoms with Gasteiger partial charge in [0.05, 0.1) is 10.5 Å². The molecule has 1 fully saturated rings. The van der Waals surface area contributed by atoms with Crippen molar-refractivity contribution in [3.05, 3.63) is 101 Å². The van der Waals surface area contributed by atoms with Crippen LogP contribution in [0.4, 0.5) is 10.3 Å². The third-order valence-corrected chi connectivity index (χ3v) is 8.68. The number of anilines is 1. The normalized spacial score (nSPS) is 14.8. The van der Waals surface area contributed by atoms with Crippen LogP contribution in [-0.4, -0.2) is 56.0 Å². The van der Waals surface area contributed by atoms with E-state index >= 15 is 0 Å². The molecule has 7 nitrogen and oxygen atoms in total. The maximum Gasteiger partial charge on any atom is 0.243 e. The number of rotatable bonds is 8. The lowest BCUT2D eigenvalue weighted by Crippen LogP contribution is -2.44. The van der Waals surface area contributed by atoms with E-state index in [2.05, 4.69) is 22.0 Å². The number of hydrogen-bond donors (Lipinski definition) is 0. The predicted octanol–water partition coefficient (Wildman–Crippen LogP) is 4.93. The van der Waals surface area contributed by atoms with Crippen LogP contribution in [0.5, 0.6) is 0 Å². The van der Waals surface area contributed by atoms with E-state index in [9.17, 15) is 12.8 Å². The first-order chi connectivity index (χ1) is 18.3. The van der Waals surface area contributed by atoms with Gasteiger partial charge in [-0.25, -0.2) is 12.8 Å². The Morgan fingerprint density at radius 2 is 1.55 bits per heavy atom. The molecule has 0 amide bonds. The molecule has 0 saturated carbocycles. The molecule has 38 heavy (non-hydrogen) atoms. The molecule has 1 saturated heterocycles. The summed E-state index contributed by atoms with van der Waals surface area (Å²) in [7, 11) is -1.81. The molecule has 4 aromatic rings. The van der Waals surface area contributed by atoms with E-state index in [1.165, 1.54) is 16.4 Å². The Kier molecular flexibility index (Phi) is 7.60. The first-order valence-corrected chi connectivity index (χ1v) is 14.0. The summed E-state index contributed by atoms with van der Waals surface area (Å²) in [5.74, 6) is 0.195. The van der Waals surface area contributed by atoms with Crippen LogP contribution in [0, 0.1) is 12.7 Å². The lowest BCUT2D eigenvalue weighted by molar-refractivity contribution is 0.299. The maximum absolute atomic E-state index is 14.0. The van der Waals surface area contributed by atoms with Crippen LogP contribution in [0.15, 0.2) is 88.3 Å². The summed E-state index contributed by atoms with van der Waals surface area (Å²) in [6.07, 6.45) is 0. The number of aromatic nitrogens is 1.